The number of nitrogen functional groups attached to an aromatic ring is 1. The highest BCUT2D eigenvalue weighted by Crippen LogP contribution is 2.15. The van der Waals surface area contributed by atoms with Crippen molar-refractivity contribution in [1.29, 1.82) is 0 Å². The third kappa shape index (κ3) is 8.22. The highest BCUT2D eigenvalue weighted by atomic mass is 32.2. The molecule has 0 bridgehead atoms. The predicted octanol–water partition coefficient (Wildman–Crippen LogP) is 1.08. The lowest BCUT2D eigenvalue weighted by Crippen LogP contribution is -2.48. The Bertz CT molecular complexity index is 568. The zero-order valence-electron chi connectivity index (χ0n) is 16.0. The van der Waals surface area contributed by atoms with Gasteiger partial charge in [0.1, 0.15) is 0 Å². The van der Waals surface area contributed by atoms with E-state index >= 15 is 0 Å². The number of aromatic hydroxyl groups is 1. The van der Waals surface area contributed by atoms with Gasteiger partial charge in [-0.2, -0.15) is 11.8 Å². The van der Waals surface area contributed by atoms with Crippen LogP contribution in [0.4, 0.5) is 15.4 Å². The van der Waals surface area contributed by atoms with Gasteiger partial charge in [0.25, 0.3) is 0 Å². The Morgan fingerprint density at radius 3 is 2.07 bits per heavy atom. The molecule has 11 heteroatoms. The molecular formula is C16H27N5O5S. The second-order valence-corrected chi connectivity index (χ2v) is 7.14. The average molecular weight is 401 g/mol. The third-order valence-corrected chi connectivity index (χ3v) is 4.24. The third-order valence-electron chi connectivity index (χ3n) is 3.29. The van der Waals surface area contributed by atoms with Gasteiger partial charge < -0.3 is 30.1 Å². The Kier molecular flexibility index (Phi) is 9.51. The number of pyridine rings is 1. The van der Waals surface area contributed by atoms with Crippen LogP contribution in [0.15, 0.2) is 18.3 Å². The maximum absolute atomic E-state index is 11.6. The Labute approximate surface area is 163 Å². The molecule has 1 aliphatic heterocycles. The van der Waals surface area contributed by atoms with Gasteiger partial charge in [-0.3, -0.25) is 0 Å². The van der Waals surface area contributed by atoms with Crippen molar-refractivity contribution < 1.29 is 24.2 Å². The first-order valence-electron chi connectivity index (χ1n) is 8.19. The minimum absolute atomic E-state index is 0.0347. The monoisotopic (exact) mass is 401 g/mol. The molecule has 2 amide bonds. The maximum atomic E-state index is 11.6. The summed E-state index contributed by atoms with van der Waals surface area (Å²) < 4.78 is 10.4. The number of carbonyl (C=O) groups excluding carboxylic acids is 2. The van der Waals surface area contributed by atoms with Crippen LogP contribution in [-0.2, 0) is 9.47 Å². The molecule has 2 heterocycles. The lowest BCUT2D eigenvalue weighted by atomic mass is 10.4. The number of nitrogens with two attached hydrogens (primary N) is 1. The van der Waals surface area contributed by atoms with Gasteiger partial charge in [-0.05, 0) is 12.1 Å². The van der Waals surface area contributed by atoms with Gasteiger partial charge in [-0.1, -0.05) is 0 Å². The van der Waals surface area contributed by atoms with E-state index in [1.165, 1.54) is 22.1 Å². The van der Waals surface area contributed by atoms with E-state index in [1.54, 1.807) is 34.3 Å². The SMILES string of the molecule is CN(C)C(=O)OC(OC(=O)N(C)C)N1CCSCC1.Nc1ncccc1O. The molecule has 0 saturated carbocycles. The molecular weight excluding hydrogens is 374 g/mol. The van der Waals surface area contributed by atoms with E-state index < -0.39 is 18.6 Å². The fourth-order valence-corrected chi connectivity index (χ4v) is 2.69. The molecule has 1 aromatic heterocycles. The van der Waals surface area contributed by atoms with Crippen LogP contribution in [0.3, 0.4) is 0 Å². The highest BCUT2D eigenvalue weighted by Gasteiger charge is 2.29. The Morgan fingerprint density at radius 1 is 1.19 bits per heavy atom. The van der Waals surface area contributed by atoms with Gasteiger partial charge in [-0.15, -0.1) is 0 Å². The molecule has 1 saturated heterocycles. The van der Waals surface area contributed by atoms with E-state index in [9.17, 15) is 9.59 Å². The fraction of sp³-hybridized carbons (Fsp3) is 0.562. The van der Waals surface area contributed by atoms with Crippen molar-refractivity contribution in [3.05, 3.63) is 18.3 Å². The van der Waals surface area contributed by atoms with Gasteiger partial charge in [0.15, 0.2) is 11.6 Å². The van der Waals surface area contributed by atoms with Crippen molar-refractivity contribution >= 4 is 29.8 Å². The molecule has 3 N–H and O–H groups in total. The number of thioether (sulfide) groups is 1. The Hall–Kier alpha value is -2.40. The average Bonchev–Trinajstić information content (AvgIpc) is 2.64. The topological polar surface area (TPSA) is 121 Å². The first kappa shape index (κ1) is 22.6. The smallest absolute Gasteiger partial charge is 0.413 e. The normalized spacial score (nSPS) is 14.0. The number of nitrogens with zero attached hydrogens (tertiary/aromatic N) is 4. The number of ether oxygens (including phenoxy) is 2. The fourth-order valence-electron chi connectivity index (χ4n) is 1.75. The first-order valence-corrected chi connectivity index (χ1v) is 9.35. The standard InChI is InChI=1S/C11H21N3O4S.C5H6N2O/c1-12(2)9(15)17-11(18-10(16)13(3)4)14-5-7-19-8-6-14;6-5-4(8)2-1-3-7-5/h11H,5-8H2,1-4H3;1-3,8H,(H2,6,7). The number of aromatic nitrogens is 1. The number of hydrogen-bond acceptors (Lipinski definition) is 9. The van der Waals surface area contributed by atoms with Crippen LogP contribution in [0.5, 0.6) is 5.75 Å². The molecule has 0 aliphatic carbocycles. The Morgan fingerprint density at radius 2 is 1.70 bits per heavy atom. The van der Waals surface area contributed by atoms with Crippen molar-refractivity contribution in [2.24, 2.45) is 0 Å². The first-order chi connectivity index (χ1) is 12.7. The predicted molar refractivity (Wildman–Crippen MR) is 103 cm³/mol. The van der Waals surface area contributed by atoms with Crippen LogP contribution in [0.25, 0.3) is 0 Å². The summed E-state index contributed by atoms with van der Waals surface area (Å²) in [4.78, 5) is 31.3. The molecule has 0 spiro atoms. The van der Waals surface area contributed by atoms with E-state index in [1.807, 2.05) is 16.7 Å². The number of anilines is 1. The summed E-state index contributed by atoms with van der Waals surface area (Å²) in [5.41, 5.74) is 5.16. The van der Waals surface area contributed by atoms with Crippen molar-refractivity contribution in [2.45, 2.75) is 6.41 Å². The molecule has 152 valence electrons. The summed E-state index contributed by atoms with van der Waals surface area (Å²) in [5.74, 6) is 2.06. The van der Waals surface area contributed by atoms with Crippen LogP contribution < -0.4 is 5.73 Å². The lowest BCUT2D eigenvalue weighted by Gasteiger charge is -2.33. The van der Waals surface area contributed by atoms with E-state index in [0.717, 1.165) is 24.6 Å². The Balaban J connectivity index is 0.000000377. The molecule has 0 unspecified atom stereocenters. The summed E-state index contributed by atoms with van der Waals surface area (Å²) in [6.45, 7) is 1.44. The van der Waals surface area contributed by atoms with Crippen LogP contribution in [0.1, 0.15) is 0 Å². The lowest BCUT2D eigenvalue weighted by molar-refractivity contribution is -0.163. The maximum Gasteiger partial charge on any atom is 0.413 e. The minimum atomic E-state index is -0.967. The molecule has 10 nitrogen and oxygen atoms in total. The van der Waals surface area contributed by atoms with Crippen LogP contribution >= 0.6 is 11.8 Å². The molecule has 0 radical (unpaired) electrons. The number of hydrogen-bond donors (Lipinski definition) is 2. The summed E-state index contributed by atoms with van der Waals surface area (Å²) in [7, 11) is 6.33. The van der Waals surface area contributed by atoms with E-state index in [-0.39, 0.29) is 11.6 Å². The van der Waals surface area contributed by atoms with E-state index in [0.29, 0.717) is 0 Å². The molecule has 0 atom stereocenters. The molecule has 0 aromatic carbocycles. The minimum Gasteiger partial charge on any atom is -0.504 e. The summed E-state index contributed by atoms with van der Waals surface area (Å²) in [6, 6.07) is 3.11. The van der Waals surface area contributed by atoms with Gasteiger partial charge in [0.2, 0.25) is 0 Å². The zero-order chi connectivity index (χ0) is 20.4. The number of rotatable bonds is 3. The van der Waals surface area contributed by atoms with E-state index in [4.69, 9.17) is 20.3 Å². The van der Waals surface area contributed by atoms with Crippen molar-refractivity contribution in [3.63, 3.8) is 0 Å². The largest absolute Gasteiger partial charge is 0.504 e. The van der Waals surface area contributed by atoms with Gasteiger partial charge in [0.05, 0.1) is 0 Å². The van der Waals surface area contributed by atoms with Gasteiger partial charge in [-0.25, -0.2) is 19.5 Å². The summed E-state index contributed by atoms with van der Waals surface area (Å²) in [5, 5.41) is 8.73. The van der Waals surface area contributed by atoms with Crippen molar-refractivity contribution in [1.82, 2.24) is 19.7 Å². The summed E-state index contributed by atoms with van der Waals surface area (Å²) >= 11 is 1.82. The second-order valence-electron chi connectivity index (χ2n) is 5.92. The second kappa shape index (κ2) is 11.3. The quantitative estimate of drug-likeness (QED) is 0.717. The van der Waals surface area contributed by atoms with Gasteiger partial charge >= 0.3 is 18.6 Å². The van der Waals surface area contributed by atoms with E-state index in [2.05, 4.69) is 4.98 Å². The summed E-state index contributed by atoms with van der Waals surface area (Å²) in [6.07, 6.45) is -0.509. The molecule has 27 heavy (non-hydrogen) atoms. The van der Waals surface area contributed by atoms with Crippen molar-refractivity contribution in [2.75, 3.05) is 58.5 Å². The molecule has 2 rings (SSSR count). The zero-order valence-corrected chi connectivity index (χ0v) is 16.8. The van der Waals surface area contributed by atoms with Crippen LogP contribution in [-0.4, -0.2) is 96.2 Å². The molecule has 1 fully saturated rings. The highest BCUT2D eigenvalue weighted by molar-refractivity contribution is 7.99. The van der Waals surface area contributed by atoms with Crippen molar-refractivity contribution in [3.8, 4) is 5.75 Å². The van der Waals surface area contributed by atoms with Crippen LogP contribution in [0.2, 0.25) is 0 Å². The van der Waals surface area contributed by atoms with Crippen LogP contribution in [0, 0.1) is 0 Å². The van der Waals surface area contributed by atoms with Gasteiger partial charge in [0, 0.05) is 59.0 Å². The number of carbonyl (C=O) groups is 2. The molecule has 1 aromatic rings. The molecule has 1 aliphatic rings. The number of amides is 2.